The van der Waals surface area contributed by atoms with Gasteiger partial charge in [-0.15, -0.1) is 0 Å². The molecule has 2 aromatic rings. The zero-order valence-electron chi connectivity index (χ0n) is 18.9. The van der Waals surface area contributed by atoms with Crippen molar-refractivity contribution in [1.82, 2.24) is 0 Å². The summed E-state index contributed by atoms with van der Waals surface area (Å²) in [7, 11) is 6.05. The van der Waals surface area contributed by atoms with E-state index >= 15 is 0 Å². The molecule has 1 heterocycles. The third kappa shape index (κ3) is 2.96. The van der Waals surface area contributed by atoms with Crippen LogP contribution in [0, 0.1) is 5.92 Å². The van der Waals surface area contributed by atoms with Crippen LogP contribution in [0.1, 0.15) is 29.8 Å². The van der Waals surface area contributed by atoms with Gasteiger partial charge in [0.25, 0.3) is 0 Å². The lowest BCUT2D eigenvalue weighted by Crippen LogP contribution is -2.45. The molecule has 2 atom stereocenters. The Balaban J connectivity index is 2.20. The number of ether oxygens (including phenoxy) is 6. The maximum Gasteiger partial charge on any atom is 0.231 e. The van der Waals surface area contributed by atoms with Crippen molar-refractivity contribution in [3.63, 3.8) is 0 Å². The number of ketones is 1. The third-order valence-corrected chi connectivity index (χ3v) is 6.34. The van der Waals surface area contributed by atoms with Gasteiger partial charge in [0, 0.05) is 16.7 Å². The summed E-state index contributed by atoms with van der Waals surface area (Å²) in [4.78, 5) is 18.6. The molecule has 0 unspecified atom stereocenters. The van der Waals surface area contributed by atoms with Crippen molar-refractivity contribution in [3.8, 4) is 45.6 Å². The molecule has 0 aromatic heterocycles. The predicted molar refractivity (Wildman–Crippen MR) is 114 cm³/mol. The first-order valence-corrected chi connectivity index (χ1v) is 10.1. The fourth-order valence-electron chi connectivity index (χ4n) is 4.42. The first-order chi connectivity index (χ1) is 15.4. The van der Waals surface area contributed by atoms with Crippen LogP contribution >= 0.6 is 0 Å². The zero-order chi connectivity index (χ0) is 23.2. The molecule has 4 rings (SSSR count). The van der Waals surface area contributed by atoms with E-state index in [1.807, 2.05) is 13.0 Å². The largest absolute Gasteiger partial charge is 0.493 e. The molecule has 9 nitrogen and oxygen atoms in total. The Morgan fingerprint density at radius 3 is 2.25 bits per heavy atom. The van der Waals surface area contributed by atoms with E-state index in [4.69, 9.17) is 33.3 Å². The van der Waals surface area contributed by atoms with Crippen molar-refractivity contribution in [2.24, 2.45) is 5.92 Å². The quantitative estimate of drug-likeness (QED) is 0.543. The molecule has 0 saturated heterocycles. The van der Waals surface area contributed by atoms with Crippen LogP contribution in [0.5, 0.6) is 34.5 Å². The molecule has 9 heteroatoms. The Morgan fingerprint density at radius 1 is 0.969 bits per heavy atom. The van der Waals surface area contributed by atoms with Crippen LogP contribution in [0.15, 0.2) is 12.1 Å². The molecule has 0 bridgehead atoms. The summed E-state index contributed by atoms with van der Waals surface area (Å²) in [5.41, 5.74) is 0.549. The molecular weight excluding hydrogens is 420 g/mol. The highest BCUT2D eigenvalue weighted by Crippen LogP contribution is 2.57. The lowest BCUT2D eigenvalue weighted by atomic mass is 9.74. The second kappa shape index (κ2) is 8.07. The standard InChI is InChI=1S/C23H26O9/c1-11-7-12-8-14(26-3)18(27-4)20(28-5)16(12)17-13(22(24)23(11,2)32-25)9-15-19(21(17)29-6)31-10-30-15/h8-9,11,25H,7,10H2,1-6H3/t11-,23-/m1/s1. The molecule has 172 valence electrons. The van der Waals surface area contributed by atoms with Gasteiger partial charge in [-0.05, 0) is 37.0 Å². The van der Waals surface area contributed by atoms with E-state index in [0.29, 0.717) is 52.0 Å². The number of rotatable bonds is 5. The minimum atomic E-state index is -1.52. The molecule has 0 saturated carbocycles. The van der Waals surface area contributed by atoms with Crippen molar-refractivity contribution in [2.45, 2.75) is 25.9 Å². The van der Waals surface area contributed by atoms with Crippen molar-refractivity contribution >= 4 is 5.78 Å². The smallest absolute Gasteiger partial charge is 0.231 e. The highest BCUT2D eigenvalue weighted by Gasteiger charge is 2.47. The molecule has 1 N–H and O–H groups in total. The SMILES string of the molecule is COc1cc2c(c(OC)c1OC)-c1c(cc3c(c1OC)OCO3)C(=O)[C@](C)(OO)[C@H](C)C2. The van der Waals surface area contributed by atoms with Gasteiger partial charge in [0.05, 0.1) is 28.4 Å². The Bertz CT molecular complexity index is 1080. The van der Waals surface area contributed by atoms with Gasteiger partial charge in [-0.25, -0.2) is 4.89 Å². The molecule has 0 radical (unpaired) electrons. The lowest BCUT2D eigenvalue weighted by Gasteiger charge is -2.35. The minimum Gasteiger partial charge on any atom is -0.493 e. The number of benzene rings is 2. The summed E-state index contributed by atoms with van der Waals surface area (Å²) in [5.74, 6) is 1.44. The van der Waals surface area contributed by atoms with E-state index in [1.165, 1.54) is 28.4 Å². The van der Waals surface area contributed by atoms with Crippen molar-refractivity contribution in [2.75, 3.05) is 35.2 Å². The average molecular weight is 446 g/mol. The van der Waals surface area contributed by atoms with Crippen LogP contribution in [0.3, 0.4) is 0 Å². The Morgan fingerprint density at radius 2 is 1.66 bits per heavy atom. The Labute approximate surface area is 185 Å². The molecule has 0 amide bonds. The van der Waals surface area contributed by atoms with Gasteiger partial charge in [0.2, 0.25) is 18.3 Å². The van der Waals surface area contributed by atoms with Crippen LogP contribution in [0.25, 0.3) is 11.1 Å². The molecule has 1 aliphatic heterocycles. The van der Waals surface area contributed by atoms with Crippen LogP contribution < -0.4 is 28.4 Å². The summed E-state index contributed by atoms with van der Waals surface area (Å²) < 4.78 is 33.8. The number of Topliss-reactive ketones (excluding diaryl/α,β-unsaturated/α-hetero) is 1. The lowest BCUT2D eigenvalue weighted by molar-refractivity contribution is -0.311. The Hall–Kier alpha value is -3.17. The van der Waals surface area contributed by atoms with Gasteiger partial charge in [-0.3, -0.25) is 10.1 Å². The van der Waals surface area contributed by atoms with E-state index < -0.39 is 17.3 Å². The maximum absolute atomic E-state index is 13.8. The van der Waals surface area contributed by atoms with Gasteiger partial charge in [-0.2, -0.15) is 0 Å². The van der Waals surface area contributed by atoms with E-state index in [0.717, 1.165) is 5.56 Å². The maximum atomic E-state index is 13.8. The topological polar surface area (TPSA) is 102 Å². The molecule has 0 fully saturated rings. The first kappa shape index (κ1) is 22.0. The molecular formula is C23H26O9. The summed E-state index contributed by atoms with van der Waals surface area (Å²) in [6.45, 7) is 3.38. The number of hydrogen-bond donors (Lipinski definition) is 1. The molecule has 2 aromatic carbocycles. The predicted octanol–water partition coefficient (Wildman–Crippen LogP) is 3.74. The number of methoxy groups -OCH3 is 4. The molecule has 2 aliphatic rings. The zero-order valence-corrected chi connectivity index (χ0v) is 18.9. The van der Waals surface area contributed by atoms with Crippen LogP contribution in [-0.4, -0.2) is 51.9 Å². The second-order valence-electron chi connectivity index (χ2n) is 7.88. The van der Waals surface area contributed by atoms with Crippen molar-refractivity contribution in [3.05, 3.63) is 23.3 Å². The van der Waals surface area contributed by atoms with E-state index in [2.05, 4.69) is 0 Å². The summed E-state index contributed by atoms with van der Waals surface area (Å²) in [6.07, 6.45) is 0.367. The van der Waals surface area contributed by atoms with Crippen LogP contribution in [-0.2, 0) is 11.3 Å². The number of carbonyl (C=O) groups is 1. The van der Waals surface area contributed by atoms with Gasteiger partial charge < -0.3 is 28.4 Å². The van der Waals surface area contributed by atoms with Gasteiger partial charge in [0.1, 0.15) is 0 Å². The first-order valence-electron chi connectivity index (χ1n) is 10.1. The average Bonchev–Trinajstić information content (AvgIpc) is 3.28. The van der Waals surface area contributed by atoms with E-state index in [-0.39, 0.29) is 12.4 Å². The fraction of sp³-hybridized carbons (Fsp3) is 0.435. The van der Waals surface area contributed by atoms with E-state index in [1.54, 1.807) is 13.0 Å². The summed E-state index contributed by atoms with van der Waals surface area (Å²) in [5, 5.41) is 9.81. The molecule has 1 aliphatic carbocycles. The highest BCUT2D eigenvalue weighted by atomic mass is 17.1. The van der Waals surface area contributed by atoms with Gasteiger partial charge in [0.15, 0.2) is 34.4 Å². The molecule has 32 heavy (non-hydrogen) atoms. The molecule has 0 spiro atoms. The third-order valence-electron chi connectivity index (χ3n) is 6.34. The normalized spacial score (nSPS) is 21.2. The fourth-order valence-corrected chi connectivity index (χ4v) is 4.42. The van der Waals surface area contributed by atoms with Gasteiger partial charge in [-0.1, -0.05) is 6.92 Å². The highest BCUT2D eigenvalue weighted by molar-refractivity contribution is 6.11. The monoisotopic (exact) mass is 446 g/mol. The number of hydrogen-bond acceptors (Lipinski definition) is 9. The van der Waals surface area contributed by atoms with E-state index in [9.17, 15) is 10.1 Å². The second-order valence-corrected chi connectivity index (χ2v) is 7.88. The summed E-state index contributed by atoms with van der Waals surface area (Å²) in [6, 6.07) is 3.41. The van der Waals surface area contributed by atoms with Crippen LogP contribution in [0.2, 0.25) is 0 Å². The number of fused-ring (bicyclic) bond motifs is 4. The van der Waals surface area contributed by atoms with Crippen molar-refractivity contribution in [1.29, 1.82) is 0 Å². The summed E-state index contributed by atoms with van der Waals surface area (Å²) >= 11 is 0. The minimum absolute atomic E-state index is 0.0110. The van der Waals surface area contributed by atoms with Crippen molar-refractivity contribution < 1.29 is 43.4 Å². The van der Waals surface area contributed by atoms with Crippen LogP contribution in [0.4, 0.5) is 0 Å². The Kier molecular flexibility index (Phi) is 5.56. The van der Waals surface area contributed by atoms with Gasteiger partial charge >= 0.3 is 0 Å². The number of carbonyl (C=O) groups excluding carboxylic acids is 1.